The molecule has 378 valence electrons. The molecule has 2 fully saturated rings. The maximum Gasteiger partial charge on any atom is 0.325 e. The van der Waals surface area contributed by atoms with E-state index in [1.165, 1.54) is 19.4 Å². The van der Waals surface area contributed by atoms with Gasteiger partial charge in [-0.25, -0.2) is 9.78 Å². The lowest BCUT2D eigenvalue weighted by molar-refractivity contribution is -0.138. The largest absolute Gasteiger partial charge is 0.370 e. The van der Waals surface area contributed by atoms with E-state index in [0.717, 1.165) is 16.5 Å². The third-order valence-electron chi connectivity index (χ3n) is 12.3. The maximum absolute atomic E-state index is 14.6. The highest BCUT2D eigenvalue weighted by Gasteiger charge is 2.44. The number of benzene rings is 2. The smallest absolute Gasteiger partial charge is 0.325 e. The number of amides is 10. The molecule has 4 heterocycles. The number of hydrogen-bond acceptors (Lipinski definition) is 11. The summed E-state index contributed by atoms with van der Waals surface area (Å²) < 4.78 is 0. The van der Waals surface area contributed by atoms with E-state index in [0.29, 0.717) is 29.0 Å². The molecule has 2 bridgehead atoms. The Morgan fingerprint density at radius 2 is 1.41 bits per heavy atom. The minimum Gasteiger partial charge on any atom is -0.370 e. The van der Waals surface area contributed by atoms with E-state index in [2.05, 4.69) is 57.5 Å². The van der Waals surface area contributed by atoms with Crippen molar-refractivity contribution in [1.29, 1.82) is 5.41 Å². The zero-order valence-corrected chi connectivity index (χ0v) is 39.2. The molecule has 0 radical (unpaired) electrons. The normalized spacial score (nSPS) is 23.6. The second-order valence-corrected chi connectivity index (χ2v) is 17.5. The molecule has 2 aliphatic heterocycles. The Bertz CT molecular complexity index is 2570. The van der Waals surface area contributed by atoms with Crippen LogP contribution in [0, 0.1) is 5.41 Å². The number of primary amides is 1. The molecule has 2 aromatic heterocycles. The zero-order chi connectivity index (χ0) is 51.0. The lowest BCUT2D eigenvalue weighted by Crippen LogP contribution is -2.60. The third kappa shape index (κ3) is 14.6. The number of aromatic amines is 2. The molecule has 4 aromatic rings. The van der Waals surface area contributed by atoms with E-state index in [9.17, 15) is 43.2 Å². The van der Waals surface area contributed by atoms with Crippen LogP contribution in [0.3, 0.4) is 0 Å². The van der Waals surface area contributed by atoms with E-state index in [4.69, 9.17) is 16.9 Å². The molecule has 2 aromatic carbocycles. The van der Waals surface area contributed by atoms with Gasteiger partial charge in [-0.05, 0) is 69.1 Å². The molecule has 0 spiro atoms. The number of carbonyl (C=O) groups is 9. The Hall–Kier alpha value is -8.31. The minimum atomic E-state index is -1.46. The average molecular weight is 980 g/mol. The Morgan fingerprint density at radius 1 is 0.761 bits per heavy atom. The predicted molar refractivity (Wildman–Crippen MR) is 257 cm³/mol. The van der Waals surface area contributed by atoms with Crippen molar-refractivity contribution in [1.82, 2.24) is 62.4 Å². The van der Waals surface area contributed by atoms with Crippen molar-refractivity contribution in [3.8, 4) is 0 Å². The monoisotopic (exact) mass is 979 g/mol. The van der Waals surface area contributed by atoms with Crippen molar-refractivity contribution < 1.29 is 43.2 Å². The minimum absolute atomic E-state index is 0.000458. The number of imidazole rings is 1. The van der Waals surface area contributed by atoms with E-state index in [-0.39, 0.29) is 64.0 Å². The number of guanidine groups is 1. The topological polar surface area (TPSA) is 373 Å². The Labute approximate surface area is 408 Å². The van der Waals surface area contributed by atoms with Gasteiger partial charge in [0.25, 0.3) is 5.91 Å². The number of rotatable bonds is 12. The average Bonchev–Trinajstić information content (AvgIpc) is 4.08. The standard InChI is InChI=1S/C47H61N15O9/c1-26-40(65)59-36(21-29-24-51-25-55-29)44(69)58-34(17-16-27-10-3-2-4-11-27)42(67)57-33(15-9-19-53-46(49)50)41(66)60-35(20-28-23-54-31-13-6-5-12-30(28)31)43(68)56-32(39(48)64)14-7-8-18-52-38(63)22-37-45(70)62(26)47(71)61-37/h2-6,10-13,23-26,32-37,54H,7-9,14-22H2,1H3,(H2,48,64)(H,51,55)(H,52,63)(H,56,68)(H,57,67)(H,58,69)(H,59,65)(H,60,66)(H,61,71)(H4,49,50,53)/t26-,32?,33+,34-,35+,36+,37+/m1/s1. The zero-order valence-electron chi connectivity index (χ0n) is 39.2. The van der Waals surface area contributed by atoms with Gasteiger partial charge in [0.1, 0.15) is 42.3 Å². The van der Waals surface area contributed by atoms with E-state index < -0.39 is 102 Å². The van der Waals surface area contributed by atoms with Gasteiger partial charge >= 0.3 is 6.03 Å². The summed E-state index contributed by atoms with van der Waals surface area (Å²) in [5.41, 5.74) is 13.9. The summed E-state index contributed by atoms with van der Waals surface area (Å²) in [6, 6.07) is 6.10. The van der Waals surface area contributed by atoms with Crippen LogP contribution in [0.5, 0.6) is 0 Å². The number of nitrogens with zero attached hydrogens (tertiary/aromatic N) is 2. The first kappa shape index (κ1) is 52.1. The molecule has 7 atom stereocenters. The molecule has 10 amide bonds. The third-order valence-corrected chi connectivity index (χ3v) is 12.3. The van der Waals surface area contributed by atoms with Crippen LogP contribution in [-0.2, 0) is 57.6 Å². The van der Waals surface area contributed by atoms with Gasteiger partial charge in [-0.2, -0.15) is 0 Å². The molecule has 15 N–H and O–H groups in total. The SMILES string of the molecule is C[C@@H]1C(=O)N[C@@H](Cc2cnc[nH]2)C(=O)N[C@H](CCc2ccccc2)C(=O)N[C@@H](CCCNC(=N)N)C(=O)N[C@@H](Cc2c[nH]c3ccccc23)C(=O)NC(C(N)=O)CCCCNC(=O)C[C@@H]2NC(=O)N1C2=O. The van der Waals surface area contributed by atoms with Gasteiger partial charge in [0.05, 0.1) is 12.7 Å². The quantitative estimate of drug-likeness (QED) is 0.0333. The summed E-state index contributed by atoms with van der Waals surface area (Å²) in [6.07, 6.45) is 4.87. The summed E-state index contributed by atoms with van der Waals surface area (Å²) >= 11 is 0. The highest BCUT2D eigenvalue weighted by atomic mass is 16.2. The number of imide groups is 1. The fourth-order valence-electron chi connectivity index (χ4n) is 8.37. The summed E-state index contributed by atoms with van der Waals surface area (Å²) in [5.74, 6) is -6.69. The number of aryl methyl sites for hydroxylation is 1. The first-order chi connectivity index (χ1) is 34.1. The van der Waals surface area contributed by atoms with Gasteiger partial charge in [-0.15, -0.1) is 0 Å². The molecule has 1 unspecified atom stereocenters. The fraction of sp³-hybridized carbons (Fsp3) is 0.426. The van der Waals surface area contributed by atoms with Crippen LogP contribution in [-0.4, -0.2) is 134 Å². The molecule has 0 aliphatic carbocycles. The molecule has 24 nitrogen and oxygen atoms in total. The van der Waals surface area contributed by atoms with Crippen molar-refractivity contribution in [3.63, 3.8) is 0 Å². The van der Waals surface area contributed by atoms with Crippen molar-refractivity contribution in [2.75, 3.05) is 13.1 Å². The highest BCUT2D eigenvalue weighted by molar-refractivity contribution is 6.09. The number of urea groups is 1. The molecule has 71 heavy (non-hydrogen) atoms. The van der Waals surface area contributed by atoms with Gasteiger partial charge in [0.2, 0.25) is 41.4 Å². The maximum atomic E-state index is 14.6. The summed E-state index contributed by atoms with van der Waals surface area (Å²) in [4.78, 5) is 135. The van der Waals surface area contributed by atoms with Crippen LogP contribution in [0.15, 0.2) is 73.3 Å². The lowest BCUT2D eigenvalue weighted by atomic mass is 10.0. The Balaban J connectivity index is 1.35. The fourth-order valence-corrected chi connectivity index (χ4v) is 8.37. The number of H-pyrrole nitrogens is 2. The second kappa shape index (κ2) is 24.8. The van der Waals surface area contributed by atoms with Crippen molar-refractivity contribution in [2.24, 2.45) is 11.5 Å². The Kier molecular flexibility index (Phi) is 18.2. The molecule has 2 aliphatic rings. The first-order valence-corrected chi connectivity index (χ1v) is 23.4. The number of fused-ring (bicyclic) bond motifs is 3. The van der Waals surface area contributed by atoms with Crippen LogP contribution in [0.25, 0.3) is 10.9 Å². The van der Waals surface area contributed by atoms with Crippen LogP contribution >= 0.6 is 0 Å². The first-order valence-electron chi connectivity index (χ1n) is 23.4. The van der Waals surface area contributed by atoms with Crippen LogP contribution in [0.1, 0.15) is 68.7 Å². The molecule has 6 rings (SSSR count). The van der Waals surface area contributed by atoms with Crippen molar-refractivity contribution in [2.45, 2.75) is 113 Å². The number of aromatic nitrogens is 3. The molecular weight excluding hydrogens is 919 g/mol. The second-order valence-electron chi connectivity index (χ2n) is 17.5. The number of nitrogens with one attached hydrogen (secondary N) is 11. The summed E-state index contributed by atoms with van der Waals surface area (Å²) in [6.45, 7) is 1.51. The van der Waals surface area contributed by atoms with Crippen molar-refractivity contribution >= 4 is 70.2 Å². The van der Waals surface area contributed by atoms with Crippen molar-refractivity contribution in [3.05, 3.63) is 90.1 Å². The van der Waals surface area contributed by atoms with E-state index in [1.807, 2.05) is 42.5 Å². The van der Waals surface area contributed by atoms with Gasteiger partial charge in [0, 0.05) is 54.9 Å². The van der Waals surface area contributed by atoms with Crippen LogP contribution in [0.4, 0.5) is 4.79 Å². The van der Waals surface area contributed by atoms with E-state index >= 15 is 0 Å². The molecule has 24 heteroatoms. The van der Waals surface area contributed by atoms with Gasteiger partial charge in [-0.3, -0.25) is 48.7 Å². The number of hydrogen-bond donors (Lipinski definition) is 13. The highest BCUT2D eigenvalue weighted by Crippen LogP contribution is 2.20. The van der Waals surface area contributed by atoms with Gasteiger partial charge < -0.3 is 64.0 Å². The summed E-state index contributed by atoms with van der Waals surface area (Å²) in [5, 5.41) is 29.8. The van der Waals surface area contributed by atoms with Crippen LogP contribution < -0.4 is 54.0 Å². The van der Waals surface area contributed by atoms with E-state index in [1.54, 1.807) is 18.3 Å². The predicted octanol–water partition coefficient (Wildman–Crippen LogP) is -1.52. The summed E-state index contributed by atoms with van der Waals surface area (Å²) in [7, 11) is 0. The lowest BCUT2D eigenvalue weighted by Gasteiger charge is -2.28. The number of carbonyl (C=O) groups excluding carboxylic acids is 9. The molecule has 0 saturated carbocycles. The van der Waals surface area contributed by atoms with Crippen LogP contribution in [0.2, 0.25) is 0 Å². The Morgan fingerprint density at radius 3 is 2.11 bits per heavy atom. The van der Waals surface area contributed by atoms with Gasteiger partial charge in [0.15, 0.2) is 5.96 Å². The van der Waals surface area contributed by atoms with Gasteiger partial charge in [-0.1, -0.05) is 48.5 Å². The number of para-hydroxylation sites is 1. The molecule has 2 saturated heterocycles. The molecular formula is C47H61N15O9. The number of nitrogens with two attached hydrogens (primary N) is 2.